The Kier molecular flexibility index (Phi) is 3.85. The molecule has 4 rings (SSSR count). The van der Waals surface area contributed by atoms with Crippen molar-refractivity contribution in [2.24, 2.45) is 0 Å². The number of nitrogens with one attached hydrogen (secondary N) is 1. The number of benzene rings is 2. The normalized spacial score (nSPS) is 19.0. The van der Waals surface area contributed by atoms with Gasteiger partial charge in [-0.25, -0.2) is 0 Å². The SMILES string of the molecule is Cc1cc([N+](=O)[O-])cc([C@H]2[NH2+][C@@H](C(=O)[O-])Cc3c2[nH]c2ccccc32)c1[O-]. The third-order valence-corrected chi connectivity index (χ3v) is 5.14. The van der Waals surface area contributed by atoms with Crippen LogP contribution in [-0.2, 0) is 11.2 Å². The molecule has 0 fully saturated rings. The number of hydrogen-bond donors (Lipinski definition) is 2. The monoisotopic (exact) mass is 366 g/mol. The van der Waals surface area contributed by atoms with E-state index in [2.05, 4.69) is 4.98 Å². The first-order valence-corrected chi connectivity index (χ1v) is 8.48. The molecule has 0 radical (unpaired) electrons. The molecule has 0 aliphatic carbocycles. The van der Waals surface area contributed by atoms with Crippen LogP contribution in [0.5, 0.6) is 5.75 Å². The zero-order valence-corrected chi connectivity index (χ0v) is 14.4. The number of quaternary nitrogens is 1. The predicted molar refractivity (Wildman–Crippen MR) is 91.8 cm³/mol. The van der Waals surface area contributed by atoms with Crippen LogP contribution in [0, 0.1) is 17.0 Å². The van der Waals surface area contributed by atoms with E-state index in [9.17, 15) is 25.1 Å². The number of carbonyl (C=O) groups is 1. The summed E-state index contributed by atoms with van der Waals surface area (Å²) in [7, 11) is 0. The molecule has 8 heteroatoms. The number of fused-ring (bicyclic) bond motifs is 3. The summed E-state index contributed by atoms with van der Waals surface area (Å²) < 4.78 is 0. The van der Waals surface area contributed by atoms with E-state index in [1.807, 2.05) is 24.3 Å². The maximum absolute atomic E-state index is 12.7. The number of non-ortho nitro benzene ring substituents is 1. The fraction of sp³-hybridized carbons (Fsp3) is 0.211. The van der Waals surface area contributed by atoms with Gasteiger partial charge in [-0.2, -0.15) is 0 Å². The van der Waals surface area contributed by atoms with Gasteiger partial charge in [0.1, 0.15) is 6.04 Å². The summed E-state index contributed by atoms with van der Waals surface area (Å²) in [6.45, 7) is 1.52. The van der Waals surface area contributed by atoms with Crippen LogP contribution in [0.2, 0.25) is 0 Å². The number of carboxylic acids is 1. The summed E-state index contributed by atoms with van der Waals surface area (Å²) in [6, 6.07) is 8.37. The lowest BCUT2D eigenvalue weighted by atomic mass is 9.89. The Hall–Kier alpha value is -3.39. The van der Waals surface area contributed by atoms with E-state index in [-0.39, 0.29) is 29.0 Å². The van der Waals surface area contributed by atoms with Crippen molar-refractivity contribution in [2.45, 2.75) is 25.4 Å². The highest BCUT2D eigenvalue weighted by Gasteiger charge is 2.35. The number of hydrogen-bond acceptors (Lipinski definition) is 5. The second kappa shape index (κ2) is 6.10. The molecule has 2 aromatic carbocycles. The number of aromatic amines is 1. The molecule has 8 nitrogen and oxygen atoms in total. The third-order valence-electron chi connectivity index (χ3n) is 5.14. The Morgan fingerprint density at radius 2 is 2.04 bits per heavy atom. The minimum absolute atomic E-state index is 0.191. The topological polar surface area (TPSA) is 139 Å². The van der Waals surface area contributed by atoms with Crippen molar-refractivity contribution in [1.82, 2.24) is 4.98 Å². The van der Waals surface area contributed by atoms with Crippen LogP contribution in [-0.4, -0.2) is 21.9 Å². The molecule has 1 aromatic heterocycles. The predicted octanol–water partition coefficient (Wildman–Crippen LogP) is -0.214. The highest BCUT2D eigenvalue weighted by atomic mass is 16.6. The third kappa shape index (κ3) is 2.70. The molecule has 3 N–H and O–H groups in total. The van der Waals surface area contributed by atoms with Crippen molar-refractivity contribution in [3.63, 3.8) is 0 Å². The van der Waals surface area contributed by atoms with Gasteiger partial charge in [-0.1, -0.05) is 29.5 Å². The number of nitrogens with zero attached hydrogens (tertiary/aromatic N) is 1. The molecule has 0 amide bonds. The zero-order chi connectivity index (χ0) is 19.3. The zero-order valence-electron chi connectivity index (χ0n) is 14.4. The van der Waals surface area contributed by atoms with Crippen LogP contribution in [0.15, 0.2) is 36.4 Å². The van der Waals surface area contributed by atoms with E-state index in [0.29, 0.717) is 5.69 Å². The van der Waals surface area contributed by atoms with Crippen LogP contribution >= 0.6 is 0 Å². The molecule has 2 heterocycles. The van der Waals surface area contributed by atoms with E-state index >= 15 is 0 Å². The van der Waals surface area contributed by atoms with Gasteiger partial charge in [-0.05, 0) is 18.6 Å². The summed E-state index contributed by atoms with van der Waals surface area (Å²) in [6.07, 6.45) is 0.250. The Morgan fingerprint density at radius 3 is 2.74 bits per heavy atom. The molecule has 2 atom stereocenters. The average Bonchev–Trinajstić information content (AvgIpc) is 3.01. The van der Waals surface area contributed by atoms with Crippen molar-refractivity contribution in [2.75, 3.05) is 0 Å². The summed E-state index contributed by atoms with van der Waals surface area (Å²) in [5.74, 6) is -1.56. The Labute approximate surface area is 153 Å². The molecule has 1 aliphatic rings. The average molecular weight is 366 g/mol. The number of aromatic nitrogens is 1. The van der Waals surface area contributed by atoms with Crippen LogP contribution < -0.4 is 15.5 Å². The minimum atomic E-state index is -1.23. The smallest absolute Gasteiger partial charge is 0.270 e. The maximum Gasteiger partial charge on any atom is 0.270 e. The summed E-state index contributed by atoms with van der Waals surface area (Å²) in [5, 5.41) is 38.0. The van der Waals surface area contributed by atoms with E-state index in [1.165, 1.54) is 24.4 Å². The minimum Gasteiger partial charge on any atom is -0.872 e. The molecule has 0 saturated carbocycles. The second-order valence-electron chi connectivity index (χ2n) is 6.80. The first-order valence-electron chi connectivity index (χ1n) is 8.48. The number of aryl methyl sites for hydroxylation is 1. The van der Waals surface area contributed by atoms with E-state index in [4.69, 9.17) is 0 Å². The number of nitro benzene ring substituents is 1. The number of nitrogens with two attached hydrogens (primary N) is 1. The summed E-state index contributed by atoms with van der Waals surface area (Å²) in [4.78, 5) is 25.5. The van der Waals surface area contributed by atoms with Gasteiger partial charge in [0, 0.05) is 35.0 Å². The van der Waals surface area contributed by atoms with Crippen LogP contribution in [0.1, 0.15) is 28.4 Å². The second-order valence-corrected chi connectivity index (χ2v) is 6.80. The molecule has 0 bridgehead atoms. The molecule has 1 aliphatic heterocycles. The lowest BCUT2D eigenvalue weighted by Crippen LogP contribution is -2.95. The Morgan fingerprint density at radius 1 is 1.30 bits per heavy atom. The number of carbonyl (C=O) groups excluding carboxylic acids is 1. The molecule has 0 unspecified atom stereocenters. The molecule has 0 spiro atoms. The molecule has 0 saturated heterocycles. The van der Waals surface area contributed by atoms with Crippen molar-refractivity contribution in [1.29, 1.82) is 0 Å². The van der Waals surface area contributed by atoms with Gasteiger partial charge in [0.15, 0.2) is 6.04 Å². The quantitative estimate of drug-likeness (QED) is 0.487. The van der Waals surface area contributed by atoms with Gasteiger partial charge in [0.2, 0.25) is 0 Å². The number of aliphatic carboxylic acids is 1. The summed E-state index contributed by atoms with van der Waals surface area (Å²) in [5.41, 5.74) is 2.58. The fourth-order valence-corrected chi connectivity index (χ4v) is 3.86. The molecule has 3 aromatic rings. The van der Waals surface area contributed by atoms with Gasteiger partial charge in [0.05, 0.1) is 16.6 Å². The van der Waals surface area contributed by atoms with Gasteiger partial charge >= 0.3 is 0 Å². The largest absolute Gasteiger partial charge is 0.872 e. The van der Waals surface area contributed by atoms with E-state index in [0.717, 1.165) is 16.5 Å². The highest BCUT2D eigenvalue weighted by molar-refractivity contribution is 5.86. The molecular weight excluding hydrogens is 350 g/mol. The van der Waals surface area contributed by atoms with Gasteiger partial charge in [-0.15, -0.1) is 0 Å². The maximum atomic E-state index is 12.7. The van der Waals surface area contributed by atoms with Crippen molar-refractivity contribution in [3.05, 3.63) is 68.9 Å². The number of carboxylic acid groups (broad SMARTS) is 1. The van der Waals surface area contributed by atoms with Crippen molar-refractivity contribution in [3.8, 4) is 5.75 Å². The first-order chi connectivity index (χ1) is 12.9. The first kappa shape index (κ1) is 17.0. The molecular formula is C19H16N3O5-. The van der Waals surface area contributed by atoms with Gasteiger partial charge in [0.25, 0.3) is 5.69 Å². The van der Waals surface area contributed by atoms with E-state index in [1.54, 1.807) is 0 Å². The number of nitro groups is 1. The Bertz CT molecular complexity index is 1090. The highest BCUT2D eigenvalue weighted by Crippen LogP contribution is 2.36. The van der Waals surface area contributed by atoms with E-state index < -0.39 is 23.0 Å². The Balaban J connectivity index is 1.96. The standard InChI is InChI=1S/C19H17N3O5/c1-9-6-10(22(26)27)7-13(18(9)23)17-16-12(8-15(21-17)19(24)25)11-4-2-3-5-14(11)20-16/h2-7,15,17,20-21,23H,8H2,1H3,(H,24,25)/p-1/t15-,17-/m1/s1. The number of H-pyrrole nitrogens is 1. The number of para-hydroxylation sites is 1. The lowest BCUT2D eigenvalue weighted by Gasteiger charge is -2.31. The van der Waals surface area contributed by atoms with Crippen LogP contribution in [0.4, 0.5) is 5.69 Å². The summed E-state index contributed by atoms with van der Waals surface area (Å²) >= 11 is 0. The fourth-order valence-electron chi connectivity index (χ4n) is 3.86. The number of rotatable bonds is 3. The van der Waals surface area contributed by atoms with Crippen LogP contribution in [0.25, 0.3) is 10.9 Å². The van der Waals surface area contributed by atoms with Crippen molar-refractivity contribution < 1.29 is 25.2 Å². The van der Waals surface area contributed by atoms with Crippen LogP contribution in [0.3, 0.4) is 0 Å². The van der Waals surface area contributed by atoms with Gasteiger partial charge in [-0.3, -0.25) is 10.1 Å². The van der Waals surface area contributed by atoms with Crippen molar-refractivity contribution >= 4 is 22.6 Å². The van der Waals surface area contributed by atoms with Gasteiger partial charge < -0.3 is 25.3 Å². The lowest BCUT2D eigenvalue weighted by molar-refractivity contribution is -0.717. The molecule has 27 heavy (non-hydrogen) atoms. The molecule has 138 valence electrons.